The van der Waals surface area contributed by atoms with E-state index in [1.807, 2.05) is 24.3 Å². The molecule has 3 rings (SSSR count). The monoisotopic (exact) mass is 290 g/mol. The zero-order valence-electron chi connectivity index (χ0n) is 11.8. The van der Waals surface area contributed by atoms with E-state index in [1.165, 1.54) is 16.5 Å². The van der Waals surface area contributed by atoms with E-state index in [-0.39, 0.29) is 11.9 Å². The van der Waals surface area contributed by atoms with Gasteiger partial charge in [-0.1, -0.05) is 0 Å². The molecule has 0 saturated carbocycles. The van der Waals surface area contributed by atoms with Crippen molar-refractivity contribution in [3.63, 3.8) is 0 Å². The Hall–Kier alpha value is -1.39. The molecule has 0 saturated heterocycles. The van der Waals surface area contributed by atoms with Crippen molar-refractivity contribution in [2.75, 3.05) is 11.4 Å². The third-order valence-corrected chi connectivity index (χ3v) is 5.06. The molecule has 0 spiro atoms. The first-order chi connectivity index (χ1) is 9.58. The number of fused-ring (bicyclic) bond motifs is 1. The highest BCUT2D eigenvalue weighted by atomic mass is 32.1. The first-order valence-electron chi connectivity index (χ1n) is 6.96. The largest absolute Gasteiger partial charge is 0.364 e. The SMILES string of the molecule is CC1c2ccsc2CCN1c1ccc(F)cc1[C@@H](C)N. The van der Waals surface area contributed by atoms with Crippen LogP contribution in [-0.2, 0) is 6.42 Å². The highest BCUT2D eigenvalue weighted by Crippen LogP contribution is 2.38. The van der Waals surface area contributed by atoms with Gasteiger partial charge in [0.15, 0.2) is 0 Å². The van der Waals surface area contributed by atoms with Gasteiger partial charge in [-0.2, -0.15) is 0 Å². The van der Waals surface area contributed by atoms with Crippen LogP contribution in [0.1, 0.15) is 41.9 Å². The maximum Gasteiger partial charge on any atom is 0.123 e. The number of nitrogens with two attached hydrogens (primary N) is 1. The smallest absolute Gasteiger partial charge is 0.123 e. The van der Waals surface area contributed by atoms with E-state index < -0.39 is 0 Å². The van der Waals surface area contributed by atoms with Gasteiger partial charge in [-0.25, -0.2) is 4.39 Å². The molecule has 2 heterocycles. The summed E-state index contributed by atoms with van der Waals surface area (Å²) in [7, 11) is 0. The molecule has 1 unspecified atom stereocenters. The molecule has 20 heavy (non-hydrogen) atoms. The maximum absolute atomic E-state index is 13.5. The molecule has 0 aliphatic carbocycles. The molecule has 0 fully saturated rings. The molecule has 0 radical (unpaired) electrons. The van der Waals surface area contributed by atoms with Crippen LogP contribution in [0.4, 0.5) is 10.1 Å². The lowest BCUT2D eigenvalue weighted by atomic mass is 9.97. The Labute approximate surface area is 123 Å². The molecule has 2 atom stereocenters. The molecule has 2 aromatic rings. The summed E-state index contributed by atoms with van der Waals surface area (Å²) in [4.78, 5) is 3.81. The molecule has 1 aromatic heterocycles. The summed E-state index contributed by atoms with van der Waals surface area (Å²) in [6, 6.07) is 7.30. The Kier molecular flexibility index (Phi) is 3.52. The van der Waals surface area contributed by atoms with Crippen LogP contribution in [0.2, 0.25) is 0 Å². The summed E-state index contributed by atoms with van der Waals surface area (Å²) < 4.78 is 13.5. The van der Waals surface area contributed by atoms with E-state index in [0.29, 0.717) is 6.04 Å². The zero-order valence-corrected chi connectivity index (χ0v) is 12.6. The number of thiophene rings is 1. The van der Waals surface area contributed by atoms with E-state index in [9.17, 15) is 4.39 Å². The van der Waals surface area contributed by atoms with Crippen LogP contribution in [0.5, 0.6) is 0 Å². The third kappa shape index (κ3) is 2.23. The van der Waals surface area contributed by atoms with Crippen LogP contribution in [-0.4, -0.2) is 6.54 Å². The van der Waals surface area contributed by atoms with Gasteiger partial charge in [0.1, 0.15) is 5.82 Å². The van der Waals surface area contributed by atoms with Crippen molar-refractivity contribution in [2.45, 2.75) is 32.4 Å². The summed E-state index contributed by atoms with van der Waals surface area (Å²) in [5.41, 5.74) is 9.35. The molecule has 1 aliphatic rings. The predicted molar refractivity (Wildman–Crippen MR) is 82.8 cm³/mol. The second-order valence-corrected chi connectivity index (χ2v) is 6.41. The molecule has 2 N–H and O–H groups in total. The average Bonchev–Trinajstić information content (AvgIpc) is 2.89. The quantitative estimate of drug-likeness (QED) is 0.904. The third-order valence-electron chi connectivity index (χ3n) is 4.07. The number of benzene rings is 1. The van der Waals surface area contributed by atoms with Gasteiger partial charge in [0.2, 0.25) is 0 Å². The van der Waals surface area contributed by atoms with Gasteiger partial charge < -0.3 is 10.6 Å². The number of hydrogen-bond acceptors (Lipinski definition) is 3. The van der Waals surface area contributed by atoms with Gasteiger partial charge in [0.05, 0.1) is 6.04 Å². The normalized spacial score (nSPS) is 19.8. The summed E-state index contributed by atoms with van der Waals surface area (Å²) in [6.45, 7) is 5.07. The minimum atomic E-state index is -0.220. The maximum atomic E-state index is 13.5. The van der Waals surface area contributed by atoms with Gasteiger partial charge in [0, 0.05) is 23.2 Å². The van der Waals surface area contributed by atoms with E-state index in [1.54, 1.807) is 6.07 Å². The van der Waals surface area contributed by atoms with Gasteiger partial charge in [-0.3, -0.25) is 0 Å². The fourth-order valence-corrected chi connectivity index (χ4v) is 3.95. The minimum Gasteiger partial charge on any atom is -0.364 e. The van der Waals surface area contributed by atoms with Crippen LogP contribution >= 0.6 is 11.3 Å². The van der Waals surface area contributed by atoms with Crippen LogP contribution in [0.25, 0.3) is 0 Å². The highest BCUT2D eigenvalue weighted by Gasteiger charge is 2.26. The molecule has 0 bridgehead atoms. The standard InChI is InChI=1S/C16H19FN2S/c1-10(18)14-9-12(17)3-4-15(14)19-7-5-16-13(11(19)2)6-8-20-16/h3-4,6,8-11H,5,7,18H2,1-2H3/t10-,11?/m1/s1. The molecule has 0 amide bonds. The number of hydrogen-bond donors (Lipinski definition) is 1. The van der Waals surface area contributed by atoms with E-state index >= 15 is 0 Å². The van der Waals surface area contributed by atoms with Crippen molar-refractivity contribution in [3.8, 4) is 0 Å². The molecule has 1 aromatic carbocycles. The molecular formula is C16H19FN2S. The van der Waals surface area contributed by atoms with Crippen molar-refractivity contribution >= 4 is 17.0 Å². The van der Waals surface area contributed by atoms with Crippen molar-refractivity contribution in [1.29, 1.82) is 0 Å². The lowest BCUT2D eigenvalue weighted by Crippen LogP contribution is -2.34. The van der Waals surface area contributed by atoms with Gasteiger partial charge in [-0.15, -0.1) is 11.3 Å². The average molecular weight is 290 g/mol. The lowest BCUT2D eigenvalue weighted by molar-refractivity contribution is 0.608. The lowest BCUT2D eigenvalue weighted by Gasteiger charge is -2.37. The van der Waals surface area contributed by atoms with Gasteiger partial charge >= 0.3 is 0 Å². The Morgan fingerprint density at radius 1 is 1.40 bits per heavy atom. The van der Waals surface area contributed by atoms with Crippen molar-refractivity contribution in [2.24, 2.45) is 5.73 Å². The fraction of sp³-hybridized carbons (Fsp3) is 0.375. The van der Waals surface area contributed by atoms with Crippen LogP contribution in [0, 0.1) is 5.82 Å². The van der Waals surface area contributed by atoms with E-state index in [0.717, 1.165) is 24.2 Å². The molecule has 1 aliphatic heterocycles. The summed E-state index contributed by atoms with van der Waals surface area (Å²) in [5, 5.41) is 2.15. The number of halogens is 1. The van der Waals surface area contributed by atoms with Crippen LogP contribution in [0.15, 0.2) is 29.6 Å². The van der Waals surface area contributed by atoms with Crippen molar-refractivity contribution in [3.05, 3.63) is 51.5 Å². The molecule has 106 valence electrons. The van der Waals surface area contributed by atoms with Gasteiger partial charge in [-0.05, 0) is 61.0 Å². The summed E-state index contributed by atoms with van der Waals surface area (Å²) >= 11 is 1.83. The predicted octanol–water partition coefficient (Wildman–Crippen LogP) is 4.03. The zero-order chi connectivity index (χ0) is 14.3. The highest BCUT2D eigenvalue weighted by molar-refractivity contribution is 7.10. The summed E-state index contributed by atoms with van der Waals surface area (Å²) in [6.07, 6.45) is 1.05. The first-order valence-corrected chi connectivity index (χ1v) is 7.84. The van der Waals surface area contributed by atoms with E-state index in [2.05, 4.69) is 23.3 Å². The number of nitrogens with zero attached hydrogens (tertiary/aromatic N) is 1. The topological polar surface area (TPSA) is 29.3 Å². The van der Waals surface area contributed by atoms with E-state index in [4.69, 9.17) is 5.73 Å². The molecule has 2 nitrogen and oxygen atoms in total. The minimum absolute atomic E-state index is 0.170. The second kappa shape index (κ2) is 5.19. The van der Waals surface area contributed by atoms with Crippen LogP contribution < -0.4 is 10.6 Å². The Bertz CT molecular complexity index is 621. The number of rotatable bonds is 2. The first kappa shape index (κ1) is 13.6. The Morgan fingerprint density at radius 3 is 2.95 bits per heavy atom. The van der Waals surface area contributed by atoms with Crippen molar-refractivity contribution in [1.82, 2.24) is 0 Å². The Balaban J connectivity index is 2.02. The summed E-state index contributed by atoms with van der Waals surface area (Å²) in [5.74, 6) is -0.220. The molecule has 4 heteroatoms. The van der Waals surface area contributed by atoms with Crippen LogP contribution in [0.3, 0.4) is 0 Å². The molecular weight excluding hydrogens is 271 g/mol. The second-order valence-electron chi connectivity index (χ2n) is 5.41. The van der Waals surface area contributed by atoms with Crippen molar-refractivity contribution < 1.29 is 4.39 Å². The number of anilines is 1. The Morgan fingerprint density at radius 2 is 2.20 bits per heavy atom. The van der Waals surface area contributed by atoms with Gasteiger partial charge in [0.25, 0.3) is 0 Å². The fourth-order valence-electron chi connectivity index (χ4n) is 2.99.